The van der Waals surface area contributed by atoms with Crippen molar-refractivity contribution in [2.24, 2.45) is 0 Å². The van der Waals surface area contributed by atoms with Crippen LogP contribution in [0.4, 0.5) is 5.69 Å². The summed E-state index contributed by atoms with van der Waals surface area (Å²) in [6, 6.07) is 8.73. The summed E-state index contributed by atoms with van der Waals surface area (Å²) in [5.74, 6) is -1.94. The fourth-order valence-electron chi connectivity index (χ4n) is 2.75. The van der Waals surface area contributed by atoms with E-state index in [2.05, 4.69) is 10.6 Å². The Kier molecular flexibility index (Phi) is 5.78. The van der Waals surface area contributed by atoms with E-state index in [1.807, 2.05) is 0 Å². The lowest BCUT2D eigenvalue weighted by atomic mass is 10.1. The first kappa shape index (κ1) is 19.6. The van der Waals surface area contributed by atoms with Gasteiger partial charge in [0.25, 0.3) is 11.8 Å². The Bertz CT molecular complexity index is 983. The van der Waals surface area contributed by atoms with Gasteiger partial charge in [0, 0.05) is 6.04 Å². The maximum atomic E-state index is 12.3. The molecule has 1 fully saturated rings. The molecule has 1 aromatic heterocycles. The van der Waals surface area contributed by atoms with Gasteiger partial charge in [0.1, 0.15) is 0 Å². The van der Waals surface area contributed by atoms with Gasteiger partial charge in [-0.25, -0.2) is 13.2 Å². The van der Waals surface area contributed by atoms with E-state index in [1.54, 1.807) is 18.2 Å². The predicted octanol–water partition coefficient (Wildman–Crippen LogP) is 0.992. The molecule has 28 heavy (non-hydrogen) atoms. The summed E-state index contributed by atoms with van der Waals surface area (Å²) in [5, 5.41) is 5.08. The minimum Gasteiger partial charge on any atom is -0.459 e. The summed E-state index contributed by atoms with van der Waals surface area (Å²) in [6.07, 6.45) is 1.69. The molecule has 0 spiro atoms. The predicted molar refractivity (Wildman–Crippen MR) is 98.6 cm³/mol. The summed E-state index contributed by atoms with van der Waals surface area (Å²) in [7, 11) is -3.12. The number of rotatable bonds is 6. The van der Waals surface area contributed by atoms with Crippen LogP contribution in [0, 0.1) is 0 Å². The number of amides is 2. The molecule has 3 rings (SSSR count). The van der Waals surface area contributed by atoms with Crippen LogP contribution in [0.25, 0.3) is 0 Å². The molecule has 2 heterocycles. The largest absolute Gasteiger partial charge is 0.459 e. The summed E-state index contributed by atoms with van der Waals surface area (Å²) in [4.78, 5) is 36.3. The molecule has 1 aromatic carbocycles. The van der Waals surface area contributed by atoms with E-state index < -0.39 is 40.3 Å². The SMILES string of the molecule is O=C(COC(=O)c1ccccc1NC(=O)c1ccco1)N[C@@H]1CCS(=O)(=O)C1. The molecule has 2 aromatic rings. The number of esters is 1. The van der Waals surface area contributed by atoms with Gasteiger partial charge in [0.15, 0.2) is 22.2 Å². The number of carbonyl (C=O) groups is 3. The molecule has 148 valence electrons. The molecule has 1 saturated heterocycles. The van der Waals surface area contributed by atoms with Crippen molar-refractivity contribution in [1.82, 2.24) is 5.32 Å². The molecule has 0 aliphatic carbocycles. The Morgan fingerprint density at radius 1 is 1.14 bits per heavy atom. The summed E-state index contributed by atoms with van der Waals surface area (Å²) in [6.45, 7) is -0.560. The van der Waals surface area contributed by atoms with Crippen LogP contribution >= 0.6 is 0 Å². The topological polar surface area (TPSA) is 132 Å². The van der Waals surface area contributed by atoms with E-state index in [-0.39, 0.29) is 28.5 Å². The minimum atomic E-state index is -3.12. The highest BCUT2D eigenvalue weighted by Gasteiger charge is 2.29. The number of hydrogen-bond donors (Lipinski definition) is 2. The molecule has 9 nitrogen and oxygen atoms in total. The first-order valence-corrected chi connectivity index (χ1v) is 10.3. The number of nitrogens with one attached hydrogen (secondary N) is 2. The highest BCUT2D eigenvalue weighted by molar-refractivity contribution is 7.91. The van der Waals surface area contributed by atoms with Crippen molar-refractivity contribution in [2.75, 3.05) is 23.4 Å². The van der Waals surface area contributed by atoms with Crippen molar-refractivity contribution in [1.29, 1.82) is 0 Å². The van der Waals surface area contributed by atoms with Gasteiger partial charge in [-0.2, -0.15) is 0 Å². The van der Waals surface area contributed by atoms with Crippen LogP contribution in [0.2, 0.25) is 0 Å². The van der Waals surface area contributed by atoms with Crippen molar-refractivity contribution >= 4 is 33.3 Å². The zero-order valence-electron chi connectivity index (χ0n) is 14.7. The van der Waals surface area contributed by atoms with Crippen LogP contribution in [-0.4, -0.2) is 50.4 Å². The Morgan fingerprint density at radius 2 is 1.93 bits per heavy atom. The number of ether oxygens (including phenoxy) is 1. The van der Waals surface area contributed by atoms with Gasteiger partial charge >= 0.3 is 5.97 Å². The molecular formula is C18H18N2O7S. The van der Waals surface area contributed by atoms with E-state index in [0.717, 1.165) is 0 Å². The van der Waals surface area contributed by atoms with Gasteiger partial charge in [-0.05, 0) is 30.7 Å². The summed E-state index contributed by atoms with van der Waals surface area (Å²) in [5.41, 5.74) is 0.273. The Hall–Kier alpha value is -3.14. The molecule has 2 N–H and O–H groups in total. The highest BCUT2D eigenvalue weighted by Crippen LogP contribution is 2.18. The van der Waals surface area contributed by atoms with Crippen molar-refractivity contribution in [2.45, 2.75) is 12.5 Å². The van der Waals surface area contributed by atoms with Crippen molar-refractivity contribution in [3.05, 3.63) is 54.0 Å². The van der Waals surface area contributed by atoms with Gasteiger partial charge in [0.2, 0.25) is 0 Å². The smallest absolute Gasteiger partial charge is 0.340 e. The number of carbonyl (C=O) groups excluding carboxylic acids is 3. The monoisotopic (exact) mass is 406 g/mol. The van der Waals surface area contributed by atoms with Crippen LogP contribution in [-0.2, 0) is 19.4 Å². The average molecular weight is 406 g/mol. The van der Waals surface area contributed by atoms with Gasteiger partial charge in [-0.1, -0.05) is 12.1 Å². The Morgan fingerprint density at radius 3 is 2.61 bits per heavy atom. The second-order valence-corrected chi connectivity index (χ2v) is 8.45. The second-order valence-electron chi connectivity index (χ2n) is 6.22. The quantitative estimate of drug-likeness (QED) is 0.684. The number of sulfone groups is 1. The van der Waals surface area contributed by atoms with Crippen LogP contribution in [0.5, 0.6) is 0 Å². The normalized spacial score (nSPS) is 17.6. The zero-order valence-corrected chi connectivity index (χ0v) is 15.5. The van der Waals surface area contributed by atoms with E-state index in [9.17, 15) is 22.8 Å². The van der Waals surface area contributed by atoms with E-state index >= 15 is 0 Å². The molecular weight excluding hydrogens is 388 g/mol. The van der Waals surface area contributed by atoms with Crippen LogP contribution < -0.4 is 10.6 Å². The lowest BCUT2D eigenvalue weighted by Crippen LogP contribution is -2.38. The second kappa shape index (κ2) is 8.26. The molecule has 0 unspecified atom stereocenters. The third kappa shape index (κ3) is 4.97. The Balaban J connectivity index is 1.57. The number of para-hydroxylation sites is 1. The maximum absolute atomic E-state index is 12.3. The van der Waals surface area contributed by atoms with Crippen molar-refractivity contribution < 1.29 is 32.0 Å². The Labute approximate surface area is 161 Å². The lowest BCUT2D eigenvalue weighted by molar-refractivity contribution is -0.124. The zero-order chi connectivity index (χ0) is 20.1. The number of furan rings is 1. The fourth-order valence-corrected chi connectivity index (χ4v) is 4.42. The standard InChI is InChI=1S/C18H18N2O7S/c21-16(19-12-7-9-28(24,25)11-12)10-27-18(23)13-4-1-2-5-14(13)20-17(22)15-6-3-8-26-15/h1-6,8,12H,7,9-11H2,(H,19,21)(H,20,22)/t12-/m1/s1. The summed E-state index contributed by atoms with van der Waals surface area (Å²) < 4.78 is 32.8. The van der Waals surface area contributed by atoms with Crippen LogP contribution in [0.3, 0.4) is 0 Å². The maximum Gasteiger partial charge on any atom is 0.340 e. The van der Waals surface area contributed by atoms with Crippen molar-refractivity contribution in [3.8, 4) is 0 Å². The van der Waals surface area contributed by atoms with Crippen LogP contribution in [0.15, 0.2) is 47.1 Å². The first-order valence-electron chi connectivity index (χ1n) is 8.45. The third-order valence-corrected chi connectivity index (χ3v) is 5.84. The van der Waals surface area contributed by atoms with E-state index in [4.69, 9.17) is 9.15 Å². The molecule has 0 bridgehead atoms. The molecule has 1 atom stereocenters. The van der Waals surface area contributed by atoms with Gasteiger partial charge < -0.3 is 19.8 Å². The van der Waals surface area contributed by atoms with Gasteiger partial charge in [-0.3, -0.25) is 9.59 Å². The summed E-state index contributed by atoms with van der Waals surface area (Å²) >= 11 is 0. The lowest BCUT2D eigenvalue weighted by Gasteiger charge is -2.12. The molecule has 2 amide bonds. The van der Waals surface area contributed by atoms with E-state index in [1.165, 1.54) is 24.5 Å². The van der Waals surface area contributed by atoms with E-state index in [0.29, 0.717) is 6.42 Å². The molecule has 0 saturated carbocycles. The van der Waals surface area contributed by atoms with Crippen molar-refractivity contribution in [3.63, 3.8) is 0 Å². The molecule has 0 radical (unpaired) electrons. The average Bonchev–Trinajstić information content (AvgIpc) is 3.30. The fraction of sp³-hybridized carbons (Fsp3) is 0.278. The molecule has 1 aliphatic heterocycles. The molecule has 1 aliphatic rings. The highest BCUT2D eigenvalue weighted by atomic mass is 32.2. The third-order valence-electron chi connectivity index (χ3n) is 4.07. The van der Waals surface area contributed by atoms with Crippen LogP contribution in [0.1, 0.15) is 27.3 Å². The first-order chi connectivity index (χ1) is 13.3. The van der Waals surface area contributed by atoms with Gasteiger partial charge in [0.05, 0.1) is 29.0 Å². The number of benzene rings is 1. The molecule has 10 heteroatoms. The minimum absolute atomic E-state index is 0.0283. The van der Waals surface area contributed by atoms with Gasteiger partial charge in [-0.15, -0.1) is 0 Å². The number of hydrogen-bond acceptors (Lipinski definition) is 7. The number of anilines is 1.